The van der Waals surface area contributed by atoms with Crippen molar-refractivity contribution in [1.29, 1.82) is 0 Å². The van der Waals surface area contributed by atoms with E-state index < -0.39 is 11.5 Å². The third kappa shape index (κ3) is 2.21. The fourth-order valence-corrected chi connectivity index (χ4v) is 1.67. The van der Waals surface area contributed by atoms with Crippen LogP contribution in [0.5, 0.6) is 0 Å². The topological polar surface area (TPSA) is 40.5 Å². The van der Waals surface area contributed by atoms with Crippen molar-refractivity contribution in [2.45, 2.75) is 51.6 Å². The van der Waals surface area contributed by atoms with Crippen molar-refractivity contribution in [2.24, 2.45) is 0 Å². The molecule has 0 unspecified atom stereocenters. The lowest BCUT2D eigenvalue weighted by Crippen LogP contribution is -2.51. The van der Waals surface area contributed by atoms with E-state index in [1.54, 1.807) is 13.8 Å². The van der Waals surface area contributed by atoms with Crippen molar-refractivity contribution in [3.05, 3.63) is 0 Å². The first-order valence-corrected chi connectivity index (χ1v) is 5.00. The number of hydrogen-bond donors (Lipinski definition) is 1. The molecule has 0 aliphatic heterocycles. The van der Waals surface area contributed by atoms with Crippen LogP contribution in [0, 0.1) is 0 Å². The Balaban J connectivity index is 2.66. The molecule has 1 aliphatic rings. The highest BCUT2D eigenvalue weighted by atomic mass is 16.4. The van der Waals surface area contributed by atoms with Gasteiger partial charge in [0.2, 0.25) is 0 Å². The average Bonchev–Trinajstić information content (AvgIpc) is 2.82. The van der Waals surface area contributed by atoms with Gasteiger partial charge in [0, 0.05) is 6.04 Å². The minimum Gasteiger partial charge on any atom is -0.480 e. The molecule has 3 nitrogen and oxygen atoms in total. The molecule has 3 heteroatoms. The Labute approximate surface area is 79.7 Å². The Morgan fingerprint density at radius 1 is 1.54 bits per heavy atom. The molecule has 0 spiro atoms. The highest BCUT2D eigenvalue weighted by Gasteiger charge is 2.42. The maximum absolute atomic E-state index is 11.0. The molecular weight excluding hydrogens is 166 g/mol. The lowest BCUT2D eigenvalue weighted by Gasteiger charge is -2.34. The van der Waals surface area contributed by atoms with Crippen LogP contribution in [0.3, 0.4) is 0 Å². The van der Waals surface area contributed by atoms with Crippen LogP contribution in [-0.4, -0.2) is 34.1 Å². The summed E-state index contributed by atoms with van der Waals surface area (Å²) >= 11 is 0. The smallest absolute Gasteiger partial charge is 0.323 e. The Kier molecular flexibility index (Phi) is 2.96. The Hall–Kier alpha value is -0.570. The number of rotatable bonds is 5. The molecule has 0 aromatic carbocycles. The van der Waals surface area contributed by atoms with Crippen LogP contribution in [-0.2, 0) is 4.79 Å². The summed E-state index contributed by atoms with van der Waals surface area (Å²) in [6, 6.07) is 0.519. The van der Waals surface area contributed by atoms with Crippen molar-refractivity contribution in [3.63, 3.8) is 0 Å². The monoisotopic (exact) mass is 185 g/mol. The van der Waals surface area contributed by atoms with Gasteiger partial charge in [-0.25, -0.2) is 0 Å². The molecule has 0 heterocycles. The molecule has 0 radical (unpaired) electrons. The number of nitrogens with zero attached hydrogens (tertiary/aromatic N) is 1. The van der Waals surface area contributed by atoms with Gasteiger partial charge in [-0.3, -0.25) is 9.69 Å². The molecule has 1 N–H and O–H groups in total. The fraction of sp³-hybridized carbons (Fsp3) is 0.900. The van der Waals surface area contributed by atoms with E-state index in [9.17, 15) is 4.79 Å². The van der Waals surface area contributed by atoms with Crippen LogP contribution in [0.1, 0.15) is 40.0 Å². The molecule has 0 bridgehead atoms. The third-order valence-electron chi connectivity index (χ3n) is 2.69. The van der Waals surface area contributed by atoms with Gasteiger partial charge in [-0.1, -0.05) is 6.92 Å². The predicted molar refractivity (Wildman–Crippen MR) is 51.7 cm³/mol. The molecule has 0 aromatic rings. The van der Waals surface area contributed by atoms with Gasteiger partial charge in [0.05, 0.1) is 0 Å². The van der Waals surface area contributed by atoms with Crippen molar-refractivity contribution in [2.75, 3.05) is 6.54 Å². The molecule has 0 aromatic heterocycles. The summed E-state index contributed by atoms with van der Waals surface area (Å²) in [6.45, 7) is 6.57. The average molecular weight is 185 g/mol. The molecule has 0 saturated heterocycles. The zero-order valence-corrected chi connectivity index (χ0v) is 8.71. The molecule has 76 valence electrons. The minimum absolute atomic E-state index is 0.519. The van der Waals surface area contributed by atoms with Crippen LogP contribution in [0.25, 0.3) is 0 Å². The van der Waals surface area contributed by atoms with Gasteiger partial charge < -0.3 is 5.11 Å². The number of aliphatic carboxylic acids is 1. The Morgan fingerprint density at radius 2 is 2.08 bits per heavy atom. The first-order valence-electron chi connectivity index (χ1n) is 5.00. The standard InChI is InChI=1S/C10H19NO2/c1-4-7-11(8-5-6-8)10(2,3)9(12)13/h8H,4-7H2,1-3H3,(H,12,13). The van der Waals surface area contributed by atoms with Gasteiger partial charge in [0.15, 0.2) is 0 Å². The summed E-state index contributed by atoms with van der Waals surface area (Å²) in [5.41, 5.74) is -0.697. The second kappa shape index (κ2) is 3.66. The van der Waals surface area contributed by atoms with Crippen LogP contribution < -0.4 is 0 Å². The normalized spacial score (nSPS) is 17.8. The maximum Gasteiger partial charge on any atom is 0.323 e. The van der Waals surface area contributed by atoms with E-state index in [1.807, 2.05) is 0 Å². The molecule has 0 atom stereocenters. The first-order chi connectivity index (χ1) is 6.00. The van der Waals surface area contributed by atoms with E-state index in [4.69, 9.17) is 5.11 Å². The van der Waals surface area contributed by atoms with Crippen molar-refractivity contribution < 1.29 is 9.90 Å². The number of carboxylic acids is 1. The second-order valence-electron chi connectivity index (χ2n) is 4.29. The molecule has 0 amide bonds. The van der Waals surface area contributed by atoms with Gasteiger partial charge in [0.25, 0.3) is 0 Å². The Bertz CT molecular complexity index is 197. The van der Waals surface area contributed by atoms with Gasteiger partial charge in [-0.05, 0) is 39.7 Å². The molecule has 1 fully saturated rings. The van der Waals surface area contributed by atoms with Crippen molar-refractivity contribution in [1.82, 2.24) is 4.90 Å². The largest absolute Gasteiger partial charge is 0.480 e. The molecule has 1 rings (SSSR count). The van der Waals surface area contributed by atoms with E-state index >= 15 is 0 Å². The van der Waals surface area contributed by atoms with E-state index in [0.717, 1.165) is 25.8 Å². The summed E-state index contributed by atoms with van der Waals surface area (Å²) in [4.78, 5) is 13.1. The fourth-order valence-electron chi connectivity index (χ4n) is 1.67. The summed E-state index contributed by atoms with van der Waals surface area (Å²) in [5, 5.41) is 9.07. The van der Waals surface area contributed by atoms with Crippen LogP contribution in [0.4, 0.5) is 0 Å². The predicted octanol–water partition coefficient (Wildman–Crippen LogP) is 1.72. The molecule has 13 heavy (non-hydrogen) atoms. The summed E-state index contributed by atoms with van der Waals surface area (Å²) in [6.07, 6.45) is 3.35. The van der Waals surface area contributed by atoms with Gasteiger partial charge in [0.1, 0.15) is 5.54 Å². The SMILES string of the molecule is CCCN(C1CC1)C(C)(C)C(=O)O. The number of carbonyl (C=O) groups is 1. The first kappa shape index (κ1) is 10.5. The zero-order valence-electron chi connectivity index (χ0n) is 8.71. The zero-order chi connectivity index (χ0) is 10.1. The highest BCUT2D eigenvalue weighted by molar-refractivity contribution is 5.77. The highest BCUT2D eigenvalue weighted by Crippen LogP contribution is 2.32. The van der Waals surface area contributed by atoms with Crippen LogP contribution in [0.15, 0.2) is 0 Å². The van der Waals surface area contributed by atoms with Gasteiger partial charge >= 0.3 is 5.97 Å². The molecule has 1 aliphatic carbocycles. The van der Waals surface area contributed by atoms with Crippen molar-refractivity contribution >= 4 is 5.97 Å². The summed E-state index contributed by atoms with van der Waals surface area (Å²) < 4.78 is 0. The van der Waals surface area contributed by atoms with E-state index in [0.29, 0.717) is 6.04 Å². The van der Waals surface area contributed by atoms with Crippen molar-refractivity contribution in [3.8, 4) is 0 Å². The Morgan fingerprint density at radius 3 is 2.38 bits per heavy atom. The quantitative estimate of drug-likeness (QED) is 0.709. The van der Waals surface area contributed by atoms with E-state index in [2.05, 4.69) is 11.8 Å². The van der Waals surface area contributed by atoms with E-state index in [-0.39, 0.29) is 0 Å². The summed E-state index contributed by atoms with van der Waals surface area (Å²) in [7, 11) is 0. The number of hydrogen-bond acceptors (Lipinski definition) is 2. The van der Waals surface area contributed by atoms with Crippen LogP contribution >= 0.6 is 0 Å². The molecule has 1 saturated carbocycles. The second-order valence-corrected chi connectivity index (χ2v) is 4.29. The summed E-state index contributed by atoms with van der Waals surface area (Å²) in [5.74, 6) is -0.715. The van der Waals surface area contributed by atoms with Crippen LogP contribution in [0.2, 0.25) is 0 Å². The minimum atomic E-state index is -0.715. The lowest BCUT2D eigenvalue weighted by molar-refractivity contribution is -0.149. The van der Waals surface area contributed by atoms with E-state index in [1.165, 1.54) is 0 Å². The molecular formula is C10H19NO2. The van der Waals surface area contributed by atoms with Gasteiger partial charge in [-0.2, -0.15) is 0 Å². The van der Waals surface area contributed by atoms with Gasteiger partial charge in [-0.15, -0.1) is 0 Å². The lowest BCUT2D eigenvalue weighted by atomic mass is 10.0. The maximum atomic E-state index is 11.0. The third-order valence-corrected chi connectivity index (χ3v) is 2.69. The number of carboxylic acid groups (broad SMARTS) is 1.